The number of para-hydroxylation sites is 3. The average molecular weight is 401 g/mol. The minimum absolute atomic E-state index is 0.881. The number of hydrogen-bond acceptors (Lipinski definition) is 3. The Morgan fingerprint density at radius 1 is 0.806 bits per heavy atom. The molecular formula is C26H19N5. The van der Waals surface area contributed by atoms with E-state index in [9.17, 15) is 0 Å². The van der Waals surface area contributed by atoms with Gasteiger partial charge in [0.2, 0.25) is 5.78 Å². The van der Waals surface area contributed by atoms with Gasteiger partial charge in [-0.3, -0.25) is 18.9 Å². The number of pyridine rings is 2. The van der Waals surface area contributed by atoms with Crippen molar-refractivity contribution in [1.29, 1.82) is 0 Å². The van der Waals surface area contributed by atoms with Gasteiger partial charge in [-0.25, -0.2) is 4.98 Å². The first-order valence-corrected chi connectivity index (χ1v) is 10.3. The van der Waals surface area contributed by atoms with Crippen LogP contribution in [0.2, 0.25) is 0 Å². The summed E-state index contributed by atoms with van der Waals surface area (Å²) in [7, 11) is 0. The van der Waals surface area contributed by atoms with Gasteiger partial charge in [0.15, 0.2) is 0 Å². The van der Waals surface area contributed by atoms with Gasteiger partial charge in [0.25, 0.3) is 0 Å². The Labute approximate surface area is 179 Å². The van der Waals surface area contributed by atoms with Crippen LogP contribution in [0, 0.1) is 0 Å². The summed E-state index contributed by atoms with van der Waals surface area (Å²) in [6.07, 6.45) is 9.63. The van der Waals surface area contributed by atoms with Crippen LogP contribution < -0.4 is 0 Å². The largest absolute Gasteiger partial charge is 0.277 e. The van der Waals surface area contributed by atoms with E-state index < -0.39 is 0 Å². The van der Waals surface area contributed by atoms with Crippen LogP contribution >= 0.6 is 0 Å². The first-order valence-electron chi connectivity index (χ1n) is 10.3. The number of imidazole rings is 2. The van der Waals surface area contributed by atoms with Gasteiger partial charge in [0.05, 0.1) is 39.6 Å². The molecular weight excluding hydrogens is 382 g/mol. The number of allylic oxidation sites excluding steroid dienone is 1. The highest BCUT2D eigenvalue weighted by Gasteiger charge is 2.18. The highest BCUT2D eigenvalue weighted by Crippen LogP contribution is 2.31. The van der Waals surface area contributed by atoms with E-state index in [4.69, 9.17) is 9.97 Å². The quantitative estimate of drug-likeness (QED) is 0.370. The summed E-state index contributed by atoms with van der Waals surface area (Å²) in [6, 6.07) is 22.8. The molecule has 0 bridgehead atoms. The van der Waals surface area contributed by atoms with Crippen LogP contribution in [0.4, 0.5) is 0 Å². The molecule has 6 rings (SSSR count). The maximum Gasteiger partial charge on any atom is 0.220 e. The fourth-order valence-corrected chi connectivity index (χ4v) is 4.23. The van der Waals surface area contributed by atoms with Crippen LogP contribution in [0.15, 0.2) is 91.4 Å². The lowest BCUT2D eigenvalue weighted by Gasteiger charge is -2.06. The molecule has 0 amide bonds. The van der Waals surface area contributed by atoms with Gasteiger partial charge < -0.3 is 0 Å². The van der Waals surface area contributed by atoms with E-state index >= 15 is 0 Å². The number of aromatic nitrogens is 5. The Kier molecular flexibility index (Phi) is 3.93. The van der Waals surface area contributed by atoms with Crippen LogP contribution in [-0.2, 0) is 0 Å². The van der Waals surface area contributed by atoms with Gasteiger partial charge in [-0.05, 0) is 49.4 Å². The standard InChI is InChI=1S/C26H19N5/c1-2-6-19-7-5-10-24-25(19)29-26-30(22-8-3-4-9-23(22)31(24)26)20-11-12-21(28-17-20)18-13-15-27-16-14-18/h2-17H,1H3/b6-2+. The lowest BCUT2D eigenvalue weighted by atomic mass is 10.1. The molecule has 0 radical (unpaired) electrons. The second-order valence-electron chi connectivity index (χ2n) is 7.42. The zero-order chi connectivity index (χ0) is 20.8. The zero-order valence-corrected chi connectivity index (χ0v) is 17.0. The van der Waals surface area contributed by atoms with Gasteiger partial charge >= 0.3 is 0 Å². The molecule has 0 N–H and O–H groups in total. The molecule has 0 saturated carbocycles. The SMILES string of the molecule is C/C=C/c1cccc2c1nc1n(-c3ccc(-c4ccncc4)nc3)c3ccccc3n21. The molecule has 0 saturated heterocycles. The summed E-state index contributed by atoms with van der Waals surface area (Å²) in [4.78, 5) is 13.9. The molecule has 0 atom stereocenters. The summed E-state index contributed by atoms with van der Waals surface area (Å²) in [5.74, 6) is 0.881. The summed E-state index contributed by atoms with van der Waals surface area (Å²) < 4.78 is 4.41. The average Bonchev–Trinajstić information content (AvgIpc) is 3.35. The molecule has 148 valence electrons. The lowest BCUT2D eigenvalue weighted by molar-refractivity contribution is 1.09. The van der Waals surface area contributed by atoms with E-state index in [1.807, 2.05) is 37.4 Å². The van der Waals surface area contributed by atoms with E-state index in [1.165, 1.54) is 0 Å². The van der Waals surface area contributed by atoms with Crippen molar-refractivity contribution in [3.63, 3.8) is 0 Å². The van der Waals surface area contributed by atoms with Crippen molar-refractivity contribution in [2.24, 2.45) is 0 Å². The van der Waals surface area contributed by atoms with E-state index in [0.717, 1.165) is 50.4 Å². The highest BCUT2D eigenvalue weighted by atomic mass is 15.2. The Balaban J connectivity index is 1.63. The second kappa shape index (κ2) is 6.92. The highest BCUT2D eigenvalue weighted by molar-refractivity contribution is 5.95. The lowest BCUT2D eigenvalue weighted by Crippen LogP contribution is -1.96. The van der Waals surface area contributed by atoms with Gasteiger partial charge in [-0.1, -0.05) is 36.4 Å². The van der Waals surface area contributed by atoms with Gasteiger partial charge in [-0.2, -0.15) is 0 Å². The van der Waals surface area contributed by atoms with E-state index in [1.54, 1.807) is 12.4 Å². The number of nitrogens with zero attached hydrogens (tertiary/aromatic N) is 5. The Bertz CT molecular complexity index is 1570. The van der Waals surface area contributed by atoms with Crippen molar-refractivity contribution in [1.82, 2.24) is 23.9 Å². The van der Waals surface area contributed by atoms with Crippen molar-refractivity contribution < 1.29 is 0 Å². The van der Waals surface area contributed by atoms with Gasteiger partial charge in [-0.15, -0.1) is 0 Å². The van der Waals surface area contributed by atoms with Crippen LogP contribution in [0.1, 0.15) is 12.5 Å². The molecule has 0 spiro atoms. The monoisotopic (exact) mass is 401 g/mol. The van der Waals surface area contributed by atoms with E-state index in [2.05, 4.69) is 68.6 Å². The minimum atomic E-state index is 0.881. The van der Waals surface area contributed by atoms with Crippen molar-refractivity contribution in [3.05, 3.63) is 97.0 Å². The number of rotatable bonds is 3. The molecule has 5 heteroatoms. The van der Waals surface area contributed by atoms with Crippen LogP contribution in [0.5, 0.6) is 0 Å². The predicted molar refractivity (Wildman–Crippen MR) is 125 cm³/mol. The molecule has 0 fully saturated rings. The molecule has 4 aromatic heterocycles. The topological polar surface area (TPSA) is 48.0 Å². The molecule has 6 aromatic rings. The third-order valence-electron chi connectivity index (χ3n) is 5.59. The van der Waals surface area contributed by atoms with Crippen molar-refractivity contribution in [2.75, 3.05) is 0 Å². The maximum atomic E-state index is 5.07. The summed E-state index contributed by atoms with van der Waals surface area (Å²) in [6.45, 7) is 2.03. The van der Waals surface area contributed by atoms with Crippen LogP contribution in [0.25, 0.3) is 50.9 Å². The van der Waals surface area contributed by atoms with Gasteiger partial charge in [0.1, 0.15) is 0 Å². The van der Waals surface area contributed by atoms with E-state index in [-0.39, 0.29) is 0 Å². The first kappa shape index (κ1) is 17.6. The number of benzene rings is 2. The summed E-state index contributed by atoms with van der Waals surface area (Å²) in [5, 5.41) is 0. The van der Waals surface area contributed by atoms with Crippen molar-refractivity contribution in [3.8, 4) is 16.9 Å². The molecule has 0 aliphatic carbocycles. The normalized spacial score (nSPS) is 11.9. The smallest absolute Gasteiger partial charge is 0.220 e. The predicted octanol–water partition coefficient (Wildman–Crippen LogP) is 5.92. The fraction of sp³-hybridized carbons (Fsp3) is 0.0385. The maximum absolute atomic E-state index is 5.07. The van der Waals surface area contributed by atoms with Gasteiger partial charge in [0, 0.05) is 23.5 Å². The summed E-state index contributed by atoms with van der Waals surface area (Å²) in [5.41, 5.74) is 8.38. The molecule has 0 aliphatic rings. The third kappa shape index (κ3) is 2.67. The molecule has 5 nitrogen and oxygen atoms in total. The molecule has 0 unspecified atom stereocenters. The first-order chi connectivity index (χ1) is 15.3. The second-order valence-corrected chi connectivity index (χ2v) is 7.42. The number of fused-ring (bicyclic) bond motifs is 5. The minimum Gasteiger partial charge on any atom is -0.277 e. The molecule has 0 aliphatic heterocycles. The Morgan fingerprint density at radius 2 is 1.61 bits per heavy atom. The van der Waals surface area contributed by atoms with Crippen LogP contribution in [-0.4, -0.2) is 23.9 Å². The Morgan fingerprint density at radius 3 is 2.39 bits per heavy atom. The summed E-state index contributed by atoms with van der Waals surface area (Å²) >= 11 is 0. The number of hydrogen-bond donors (Lipinski definition) is 0. The molecule has 31 heavy (non-hydrogen) atoms. The molecule has 2 aromatic carbocycles. The zero-order valence-electron chi connectivity index (χ0n) is 17.0. The van der Waals surface area contributed by atoms with Crippen molar-refractivity contribution in [2.45, 2.75) is 6.92 Å². The van der Waals surface area contributed by atoms with Crippen LogP contribution in [0.3, 0.4) is 0 Å². The fourth-order valence-electron chi connectivity index (χ4n) is 4.23. The van der Waals surface area contributed by atoms with Crippen molar-refractivity contribution >= 4 is 33.9 Å². The Hall–Kier alpha value is -4.25. The molecule has 4 heterocycles. The third-order valence-corrected chi connectivity index (χ3v) is 5.59. The van der Waals surface area contributed by atoms with E-state index in [0.29, 0.717) is 0 Å².